The molecule has 0 saturated heterocycles. The van der Waals surface area contributed by atoms with Gasteiger partial charge < -0.3 is 10.6 Å². The summed E-state index contributed by atoms with van der Waals surface area (Å²) in [5.41, 5.74) is 0.889. The van der Waals surface area contributed by atoms with Crippen LogP contribution in [0.1, 0.15) is 23.2 Å². The minimum atomic E-state index is -0.213. The van der Waals surface area contributed by atoms with Crippen molar-refractivity contribution in [1.29, 1.82) is 0 Å². The highest BCUT2D eigenvalue weighted by Gasteiger charge is 2.24. The van der Waals surface area contributed by atoms with E-state index in [2.05, 4.69) is 16.8 Å². The van der Waals surface area contributed by atoms with Gasteiger partial charge in [-0.05, 0) is 30.7 Å². The SMILES string of the molecule is CCN1CCc2c(sc3nc(COc4ccccc4Cl)n(N)c(=O)c23)C1. The predicted octanol–water partition coefficient (Wildman–Crippen LogP) is 2.78. The van der Waals surface area contributed by atoms with Crippen LogP contribution in [0.5, 0.6) is 5.75 Å². The summed E-state index contributed by atoms with van der Waals surface area (Å²) >= 11 is 7.68. The van der Waals surface area contributed by atoms with Crippen LogP contribution in [0, 0.1) is 0 Å². The van der Waals surface area contributed by atoms with E-state index in [1.807, 2.05) is 12.1 Å². The first kappa shape index (κ1) is 17.3. The summed E-state index contributed by atoms with van der Waals surface area (Å²) in [5, 5.41) is 1.16. The van der Waals surface area contributed by atoms with Gasteiger partial charge in [-0.3, -0.25) is 9.69 Å². The van der Waals surface area contributed by atoms with Crippen LogP contribution in [-0.4, -0.2) is 27.6 Å². The molecule has 8 heteroatoms. The summed E-state index contributed by atoms with van der Waals surface area (Å²) < 4.78 is 6.80. The molecule has 2 aromatic heterocycles. The number of benzene rings is 1. The Morgan fingerprint density at radius 2 is 2.19 bits per heavy atom. The lowest BCUT2D eigenvalue weighted by Gasteiger charge is -2.24. The highest BCUT2D eigenvalue weighted by atomic mass is 35.5. The summed E-state index contributed by atoms with van der Waals surface area (Å²) in [7, 11) is 0. The van der Waals surface area contributed by atoms with Gasteiger partial charge in [0.1, 0.15) is 17.2 Å². The predicted molar refractivity (Wildman–Crippen MR) is 104 cm³/mol. The van der Waals surface area contributed by atoms with Crippen LogP contribution in [0.3, 0.4) is 0 Å². The van der Waals surface area contributed by atoms with E-state index in [0.717, 1.165) is 41.1 Å². The quantitative estimate of drug-likeness (QED) is 0.693. The molecule has 0 spiro atoms. The topological polar surface area (TPSA) is 73.4 Å². The first-order valence-corrected chi connectivity index (χ1v) is 9.69. The minimum Gasteiger partial charge on any atom is -0.484 e. The van der Waals surface area contributed by atoms with Crippen molar-refractivity contribution < 1.29 is 4.74 Å². The largest absolute Gasteiger partial charge is 0.484 e. The van der Waals surface area contributed by atoms with Crippen LogP contribution in [-0.2, 0) is 19.6 Å². The molecule has 1 aromatic carbocycles. The maximum atomic E-state index is 12.8. The van der Waals surface area contributed by atoms with Gasteiger partial charge >= 0.3 is 0 Å². The van der Waals surface area contributed by atoms with E-state index >= 15 is 0 Å². The number of fused-ring (bicyclic) bond motifs is 3. The second kappa shape index (κ2) is 6.90. The van der Waals surface area contributed by atoms with Crippen molar-refractivity contribution in [2.75, 3.05) is 18.9 Å². The molecular weight excluding hydrogens is 372 g/mol. The van der Waals surface area contributed by atoms with Crippen molar-refractivity contribution in [2.45, 2.75) is 26.5 Å². The van der Waals surface area contributed by atoms with Gasteiger partial charge in [-0.2, -0.15) is 0 Å². The Morgan fingerprint density at radius 3 is 2.96 bits per heavy atom. The fourth-order valence-electron chi connectivity index (χ4n) is 3.23. The molecule has 4 rings (SSSR count). The zero-order chi connectivity index (χ0) is 18.3. The highest BCUT2D eigenvalue weighted by Crippen LogP contribution is 2.32. The Morgan fingerprint density at radius 1 is 1.38 bits per heavy atom. The fraction of sp³-hybridized carbons (Fsp3) is 0.333. The summed E-state index contributed by atoms with van der Waals surface area (Å²) in [6.07, 6.45) is 0.857. The number of nitrogens with two attached hydrogens (primary N) is 1. The fourth-order valence-corrected chi connectivity index (χ4v) is 4.69. The maximum absolute atomic E-state index is 12.8. The van der Waals surface area contributed by atoms with Crippen molar-refractivity contribution in [3.8, 4) is 5.75 Å². The second-order valence-corrected chi connectivity index (χ2v) is 7.72. The summed E-state index contributed by atoms with van der Waals surface area (Å²) in [4.78, 5) is 21.7. The van der Waals surface area contributed by atoms with Gasteiger partial charge in [0.15, 0.2) is 5.82 Å². The van der Waals surface area contributed by atoms with Crippen LogP contribution in [0.15, 0.2) is 29.1 Å². The van der Waals surface area contributed by atoms with E-state index in [9.17, 15) is 4.79 Å². The third-order valence-electron chi connectivity index (χ3n) is 4.70. The van der Waals surface area contributed by atoms with E-state index in [4.69, 9.17) is 22.2 Å². The van der Waals surface area contributed by atoms with Gasteiger partial charge in [0, 0.05) is 18.0 Å². The van der Waals surface area contributed by atoms with E-state index in [1.165, 1.54) is 4.88 Å². The molecule has 0 aliphatic carbocycles. The zero-order valence-corrected chi connectivity index (χ0v) is 15.9. The van der Waals surface area contributed by atoms with Crippen molar-refractivity contribution in [2.24, 2.45) is 0 Å². The lowest BCUT2D eigenvalue weighted by molar-refractivity contribution is 0.272. The number of likely N-dealkylation sites (N-methyl/N-ethyl adjacent to an activating group) is 1. The number of nitrogens with zero attached hydrogens (tertiary/aromatic N) is 3. The van der Waals surface area contributed by atoms with Crippen molar-refractivity contribution in [3.63, 3.8) is 0 Å². The van der Waals surface area contributed by atoms with Gasteiger partial charge in [0.05, 0.1) is 10.4 Å². The van der Waals surface area contributed by atoms with Crippen molar-refractivity contribution >= 4 is 33.2 Å². The first-order valence-electron chi connectivity index (χ1n) is 8.49. The molecule has 0 bridgehead atoms. The van der Waals surface area contributed by atoms with E-state index < -0.39 is 0 Å². The molecule has 0 unspecified atom stereocenters. The van der Waals surface area contributed by atoms with Crippen molar-refractivity contribution in [3.05, 3.63) is 55.9 Å². The van der Waals surface area contributed by atoms with Crippen LogP contribution < -0.4 is 16.1 Å². The van der Waals surface area contributed by atoms with Crippen LogP contribution in [0.2, 0.25) is 5.02 Å². The Labute approximate surface area is 159 Å². The number of hydrogen-bond donors (Lipinski definition) is 1. The molecule has 0 fully saturated rings. The normalized spacial score (nSPS) is 14.5. The molecule has 0 saturated carbocycles. The van der Waals surface area contributed by atoms with Crippen LogP contribution in [0.4, 0.5) is 0 Å². The third kappa shape index (κ3) is 2.96. The molecule has 26 heavy (non-hydrogen) atoms. The lowest BCUT2D eigenvalue weighted by Crippen LogP contribution is -2.33. The van der Waals surface area contributed by atoms with Gasteiger partial charge in [-0.25, -0.2) is 9.66 Å². The summed E-state index contributed by atoms with van der Waals surface area (Å²) in [6, 6.07) is 7.17. The van der Waals surface area contributed by atoms with Gasteiger partial charge in [-0.1, -0.05) is 30.7 Å². The monoisotopic (exact) mass is 390 g/mol. The number of halogens is 1. The number of thiophene rings is 1. The standard InChI is InChI=1S/C18H19ClN4O2S/c1-2-22-8-7-11-14(9-22)26-17-16(11)18(24)23(20)15(21-17)10-25-13-6-4-3-5-12(13)19/h3-6H,2,7-10,20H2,1H3. The second-order valence-electron chi connectivity index (χ2n) is 6.22. The molecule has 0 amide bonds. The smallest absolute Gasteiger partial charge is 0.281 e. The maximum Gasteiger partial charge on any atom is 0.281 e. The number of nitrogen functional groups attached to an aromatic ring is 1. The Kier molecular flexibility index (Phi) is 4.60. The average molecular weight is 391 g/mol. The van der Waals surface area contributed by atoms with Gasteiger partial charge in [0.2, 0.25) is 0 Å². The van der Waals surface area contributed by atoms with E-state index in [1.54, 1.807) is 23.5 Å². The summed E-state index contributed by atoms with van der Waals surface area (Å²) in [5.74, 6) is 6.94. The number of rotatable bonds is 4. The average Bonchev–Trinajstić information content (AvgIpc) is 3.02. The van der Waals surface area contributed by atoms with Gasteiger partial charge in [-0.15, -0.1) is 11.3 Å². The first-order chi connectivity index (χ1) is 12.6. The van der Waals surface area contributed by atoms with Crippen molar-refractivity contribution in [1.82, 2.24) is 14.6 Å². The molecule has 0 atom stereocenters. The molecular formula is C18H19ClN4O2S. The Balaban J connectivity index is 1.70. The van der Waals surface area contributed by atoms with E-state index in [0.29, 0.717) is 22.0 Å². The van der Waals surface area contributed by atoms with Gasteiger partial charge in [0.25, 0.3) is 5.56 Å². The zero-order valence-electron chi connectivity index (χ0n) is 14.4. The molecule has 136 valence electrons. The Hall–Kier alpha value is -2.09. The van der Waals surface area contributed by atoms with Crippen LogP contribution in [0.25, 0.3) is 10.2 Å². The molecule has 3 heterocycles. The molecule has 1 aliphatic rings. The molecule has 2 N–H and O–H groups in total. The van der Waals surface area contributed by atoms with Crippen LogP contribution >= 0.6 is 22.9 Å². The third-order valence-corrected chi connectivity index (χ3v) is 6.12. The van der Waals surface area contributed by atoms with E-state index in [-0.39, 0.29) is 12.2 Å². The number of hydrogen-bond acceptors (Lipinski definition) is 6. The number of aromatic nitrogens is 2. The summed E-state index contributed by atoms with van der Waals surface area (Å²) in [6.45, 7) is 5.04. The minimum absolute atomic E-state index is 0.0784. The Bertz CT molecular complexity index is 1030. The number of para-hydroxylation sites is 1. The molecule has 3 aromatic rings. The number of ether oxygens (including phenoxy) is 1. The molecule has 0 radical (unpaired) electrons. The lowest BCUT2D eigenvalue weighted by atomic mass is 10.1. The highest BCUT2D eigenvalue weighted by molar-refractivity contribution is 7.18. The molecule has 1 aliphatic heterocycles. The molecule has 6 nitrogen and oxygen atoms in total.